The molecule has 264 valence electrons. The quantitative estimate of drug-likeness (QED) is 0.188. The number of para-hydroxylation sites is 2. The Labute approximate surface area is 307 Å². The molecule has 0 aromatic heterocycles. The van der Waals surface area contributed by atoms with Crippen LogP contribution in [0.1, 0.15) is 91.2 Å². The van der Waals surface area contributed by atoms with Crippen LogP contribution in [0.25, 0.3) is 0 Å². The van der Waals surface area contributed by atoms with Crippen molar-refractivity contribution in [3.8, 4) is 17.2 Å². The molecule has 0 radical (unpaired) electrons. The van der Waals surface area contributed by atoms with Crippen molar-refractivity contribution in [3.05, 3.63) is 86.8 Å². The van der Waals surface area contributed by atoms with E-state index in [1.54, 1.807) is 56.0 Å². The van der Waals surface area contributed by atoms with Crippen molar-refractivity contribution in [1.82, 2.24) is 0 Å². The Morgan fingerprint density at radius 1 is 0.750 bits per heavy atom. The van der Waals surface area contributed by atoms with Crippen molar-refractivity contribution < 1.29 is 24.9 Å². The molecular weight excluding hydrogens is 731 g/mol. The highest BCUT2D eigenvalue weighted by Crippen LogP contribution is 2.48. The number of hydrogen-bond donors (Lipinski definition) is 3. The Morgan fingerprint density at radius 3 is 1.73 bits per heavy atom. The zero-order valence-corrected chi connectivity index (χ0v) is 33.0. The van der Waals surface area contributed by atoms with Gasteiger partial charge in [-0.1, -0.05) is 150 Å². The highest BCUT2D eigenvalue weighted by molar-refractivity contribution is 9.10. The fraction of sp³-hybridized carbons (Fsp3) is 0.525. The van der Waals surface area contributed by atoms with E-state index in [0.29, 0.717) is 23.3 Å². The molecule has 2 fully saturated rings. The second kappa shape index (κ2) is 22.3. The maximum Gasteiger partial charge on any atom is 0.341 e. The Kier molecular flexibility index (Phi) is 19.4. The van der Waals surface area contributed by atoms with Gasteiger partial charge in [0, 0.05) is 4.47 Å². The zero-order chi connectivity index (χ0) is 35.6. The summed E-state index contributed by atoms with van der Waals surface area (Å²) in [4.78, 5) is 10.4. The van der Waals surface area contributed by atoms with Crippen LogP contribution < -0.4 is 4.74 Å². The summed E-state index contributed by atoms with van der Waals surface area (Å²) < 4.78 is 6.95. The van der Waals surface area contributed by atoms with Crippen LogP contribution in [0.15, 0.2) is 75.7 Å². The number of rotatable bonds is 9. The van der Waals surface area contributed by atoms with Crippen molar-refractivity contribution in [2.45, 2.75) is 111 Å². The van der Waals surface area contributed by atoms with Gasteiger partial charge >= 0.3 is 5.97 Å². The van der Waals surface area contributed by atoms with Crippen LogP contribution in [0.5, 0.6) is 17.2 Å². The molecule has 0 unspecified atom stereocenters. The molecule has 3 aromatic carbocycles. The van der Waals surface area contributed by atoms with Gasteiger partial charge in [-0.25, -0.2) is 4.79 Å². The average molecular weight is 789 g/mol. The summed E-state index contributed by atoms with van der Waals surface area (Å²) >= 11 is 6.54. The van der Waals surface area contributed by atoms with E-state index in [0.717, 1.165) is 57.2 Å². The molecule has 2 saturated heterocycles. The minimum absolute atomic E-state index is 0.285. The zero-order valence-electron chi connectivity index (χ0n) is 29.8. The molecule has 0 aliphatic carbocycles. The topological polar surface area (TPSA) is 87.0 Å². The summed E-state index contributed by atoms with van der Waals surface area (Å²) in [6, 6.07) is 20.2. The lowest BCUT2D eigenvalue weighted by molar-refractivity contribution is -0.139. The normalized spacial score (nSPS) is 16.6. The molecule has 3 aromatic rings. The Morgan fingerprint density at radius 2 is 1.27 bits per heavy atom. The van der Waals surface area contributed by atoms with E-state index in [1.165, 1.54) is 19.2 Å². The molecule has 0 amide bonds. The monoisotopic (exact) mass is 786 g/mol. The van der Waals surface area contributed by atoms with Crippen LogP contribution in [0.3, 0.4) is 0 Å². The first kappa shape index (κ1) is 41.7. The standard InChI is InChI=1S/C12H23B.C12H15BrO3.C10H14O.C6H5BrO/c1-10(2)9-13-11-5-3-6-12(13)8-4-7-11;1-8(2)5-9-6-10(13)3-4-11(9)16-7-12(14)15;1-8(2)7-9-5-3-4-6-10(9)11;7-5-3-1-2-4-6(5)8/h10-12H,3-9H2,1-2H3;3-4,6,8H,5,7H2,1-2H3,(H,14,15);3-6,8,11H,7H2,1-2H3;1-4,8H. The molecule has 2 bridgehead atoms. The van der Waals surface area contributed by atoms with Crippen LogP contribution in [0.4, 0.5) is 0 Å². The Balaban J connectivity index is 0.000000228. The molecule has 0 saturated carbocycles. The predicted molar refractivity (Wildman–Crippen MR) is 209 cm³/mol. The summed E-state index contributed by atoms with van der Waals surface area (Å²) in [6.45, 7) is 14.1. The van der Waals surface area contributed by atoms with Gasteiger partial charge in [-0.15, -0.1) is 0 Å². The Bertz CT molecular complexity index is 1320. The Hall–Kier alpha value is -2.45. The number of fused-ring (bicyclic) bond motifs is 2. The highest BCUT2D eigenvalue weighted by atomic mass is 79.9. The molecule has 2 aliphatic heterocycles. The SMILES string of the molecule is CC(C)CB1C2CCCC1CCC2.CC(C)Cc1cc(Br)ccc1OCC(=O)O.CC(C)Cc1ccccc1O.Oc1ccccc1Br. The third-order valence-electron chi connectivity index (χ3n) is 8.73. The summed E-state index contributed by atoms with van der Waals surface area (Å²) in [5.74, 6) is 4.66. The number of carboxylic acid groups (broad SMARTS) is 1. The number of phenolic OH excluding ortho intramolecular Hbond substituents is 2. The van der Waals surface area contributed by atoms with Crippen molar-refractivity contribution in [1.29, 1.82) is 0 Å². The average Bonchev–Trinajstić information content (AvgIpc) is 3.00. The predicted octanol–water partition coefficient (Wildman–Crippen LogP) is 12.1. The van der Waals surface area contributed by atoms with Gasteiger partial charge < -0.3 is 20.1 Å². The summed E-state index contributed by atoms with van der Waals surface area (Å²) in [6.07, 6.45) is 12.6. The largest absolute Gasteiger partial charge is 0.508 e. The number of ether oxygens (including phenoxy) is 1. The molecule has 8 heteroatoms. The maximum absolute atomic E-state index is 10.4. The van der Waals surface area contributed by atoms with E-state index in [1.807, 2.05) is 36.4 Å². The number of aromatic hydroxyl groups is 2. The summed E-state index contributed by atoms with van der Waals surface area (Å²) in [5.41, 5.74) is 2.08. The van der Waals surface area contributed by atoms with Crippen LogP contribution in [0, 0.1) is 17.8 Å². The fourth-order valence-corrected chi connectivity index (χ4v) is 7.44. The molecule has 3 N–H and O–H groups in total. The van der Waals surface area contributed by atoms with Crippen LogP contribution in [-0.4, -0.2) is 34.6 Å². The first-order valence-corrected chi connectivity index (χ1v) is 19.2. The van der Waals surface area contributed by atoms with E-state index in [2.05, 4.69) is 73.4 Å². The number of benzene rings is 3. The number of carbonyl (C=O) groups is 1. The van der Waals surface area contributed by atoms with Gasteiger partial charge in [0.15, 0.2) is 6.61 Å². The molecule has 5 rings (SSSR count). The number of aliphatic carboxylic acids is 1. The maximum atomic E-state index is 10.4. The van der Waals surface area contributed by atoms with Gasteiger partial charge in [0.1, 0.15) is 24.0 Å². The molecule has 0 atom stereocenters. The smallest absolute Gasteiger partial charge is 0.341 e. The summed E-state index contributed by atoms with van der Waals surface area (Å²) in [7, 11) is 0. The van der Waals surface area contributed by atoms with E-state index in [-0.39, 0.29) is 12.4 Å². The van der Waals surface area contributed by atoms with Crippen LogP contribution in [0.2, 0.25) is 18.0 Å². The third kappa shape index (κ3) is 16.3. The number of hydrogen-bond acceptors (Lipinski definition) is 4. The second-order valence-corrected chi connectivity index (χ2v) is 16.2. The molecule has 5 nitrogen and oxygen atoms in total. The van der Waals surface area contributed by atoms with E-state index in [9.17, 15) is 9.90 Å². The molecule has 2 aliphatic rings. The van der Waals surface area contributed by atoms with Gasteiger partial charge in [0.2, 0.25) is 0 Å². The van der Waals surface area contributed by atoms with Gasteiger partial charge in [-0.3, -0.25) is 0 Å². The minimum Gasteiger partial charge on any atom is -0.508 e. The molecule has 0 spiro atoms. The first-order valence-electron chi connectivity index (χ1n) is 17.6. The van der Waals surface area contributed by atoms with Gasteiger partial charge in [0.25, 0.3) is 0 Å². The fourth-order valence-electron chi connectivity index (χ4n) is 6.75. The second-order valence-electron chi connectivity index (χ2n) is 14.4. The first-order chi connectivity index (χ1) is 22.8. The lowest BCUT2D eigenvalue weighted by atomic mass is 9.25. The molecule has 2 heterocycles. The molecular formula is C40H57BBr2O5. The minimum atomic E-state index is -0.960. The highest BCUT2D eigenvalue weighted by Gasteiger charge is 2.38. The van der Waals surface area contributed by atoms with Crippen molar-refractivity contribution >= 4 is 44.5 Å². The lowest BCUT2D eigenvalue weighted by Crippen LogP contribution is -2.35. The van der Waals surface area contributed by atoms with E-state index < -0.39 is 5.97 Å². The van der Waals surface area contributed by atoms with Crippen molar-refractivity contribution in [2.75, 3.05) is 6.61 Å². The van der Waals surface area contributed by atoms with Crippen molar-refractivity contribution in [2.24, 2.45) is 17.8 Å². The van der Waals surface area contributed by atoms with Crippen molar-refractivity contribution in [3.63, 3.8) is 0 Å². The van der Waals surface area contributed by atoms with Gasteiger partial charge in [0.05, 0.1) is 4.47 Å². The van der Waals surface area contributed by atoms with E-state index >= 15 is 0 Å². The number of halogens is 2. The van der Waals surface area contributed by atoms with E-state index in [4.69, 9.17) is 14.9 Å². The summed E-state index contributed by atoms with van der Waals surface area (Å²) in [5, 5.41) is 26.8. The third-order valence-corrected chi connectivity index (χ3v) is 9.89. The van der Waals surface area contributed by atoms with Crippen LogP contribution >= 0.6 is 31.9 Å². The molecule has 48 heavy (non-hydrogen) atoms. The number of carboxylic acids is 1. The van der Waals surface area contributed by atoms with Crippen LogP contribution in [-0.2, 0) is 17.6 Å². The van der Waals surface area contributed by atoms with Gasteiger partial charge in [-0.2, -0.15) is 0 Å². The lowest BCUT2D eigenvalue weighted by Gasteiger charge is -2.41. The van der Waals surface area contributed by atoms with Gasteiger partial charge in [-0.05, 0) is 88.1 Å². The number of phenols is 2.